The predicted molar refractivity (Wildman–Crippen MR) is 88.3 cm³/mol. The second kappa shape index (κ2) is 6.10. The number of H-pyrrole nitrogens is 1. The van der Waals surface area contributed by atoms with Gasteiger partial charge in [0, 0.05) is 18.2 Å². The van der Waals surface area contributed by atoms with Crippen LogP contribution in [0.25, 0.3) is 11.3 Å². The number of rotatable bonds is 3. The molecule has 5 heteroatoms. The van der Waals surface area contributed by atoms with Crippen molar-refractivity contribution in [3.8, 4) is 11.3 Å². The molecule has 1 aromatic heterocycles. The lowest BCUT2D eigenvalue weighted by Gasteiger charge is -2.01. The molecular formula is C16H11Cl3N2. The molecule has 2 nitrogen and oxygen atoms in total. The molecule has 21 heavy (non-hydrogen) atoms. The highest BCUT2D eigenvalue weighted by Crippen LogP contribution is 2.27. The fourth-order valence-electron chi connectivity index (χ4n) is 2.10. The van der Waals surface area contributed by atoms with Gasteiger partial charge in [-0.3, -0.25) is 0 Å². The van der Waals surface area contributed by atoms with Gasteiger partial charge in [-0.05, 0) is 23.8 Å². The summed E-state index contributed by atoms with van der Waals surface area (Å²) >= 11 is 18.1. The SMILES string of the molecule is Clc1ccc(Cc2nc(-c3ccccc3Cl)c[nH]2)cc1Cl. The van der Waals surface area contributed by atoms with E-state index in [1.54, 1.807) is 6.07 Å². The average molecular weight is 338 g/mol. The Labute approximate surface area is 137 Å². The van der Waals surface area contributed by atoms with Crippen LogP contribution in [0.2, 0.25) is 15.1 Å². The summed E-state index contributed by atoms with van der Waals surface area (Å²) in [5.74, 6) is 0.850. The normalized spacial score (nSPS) is 10.8. The van der Waals surface area contributed by atoms with E-state index in [0.29, 0.717) is 21.5 Å². The van der Waals surface area contributed by atoms with E-state index in [2.05, 4.69) is 9.97 Å². The van der Waals surface area contributed by atoms with Crippen molar-refractivity contribution in [1.29, 1.82) is 0 Å². The second-order valence-corrected chi connectivity index (χ2v) is 5.86. The number of imidazole rings is 1. The van der Waals surface area contributed by atoms with Crippen molar-refractivity contribution >= 4 is 34.8 Å². The third-order valence-corrected chi connectivity index (χ3v) is 4.20. The van der Waals surface area contributed by atoms with Crippen LogP contribution < -0.4 is 0 Å². The van der Waals surface area contributed by atoms with Crippen molar-refractivity contribution < 1.29 is 0 Å². The number of hydrogen-bond acceptors (Lipinski definition) is 1. The summed E-state index contributed by atoms with van der Waals surface area (Å²) in [5, 5.41) is 1.79. The molecule has 0 unspecified atom stereocenters. The molecule has 0 spiro atoms. The Morgan fingerprint density at radius 1 is 0.905 bits per heavy atom. The van der Waals surface area contributed by atoms with Crippen molar-refractivity contribution in [1.82, 2.24) is 9.97 Å². The summed E-state index contributed by atoms with van der Waals surface area (Å²) in [5.41, 5.74) is 2.79. The maximum Gasteiger partial charge on any atom is 0.111 e. The largest absolute Gasteiger partial charge is 0.348 e. The average Bonchev–Trinajstić information content (AvgIpc) is 2.92. The molecule has 0 atom stereocenters. The van der Waals surface area contributed by atoms with E-state index in [9.17, 15) is 0 Å². The van der Waals surface area contributed by atoms with Gasteiger partial charge in [0.2, 0.25) is 0 Å². The zero-order chi connectivity index (χ0) is 14.8. The van der Waals surface area contributed by atoms with Gasteiger partial charge in [0.15, 0.2) is 0 Å². The summed E-state index contributed by atoms with van der Waals surface area (Å²) in [6.07, 6.45) is 2.51. The molecule has 1 N–H and O–H groups in total. The van der Waals surface area contributed by atoms with Gasteiger partial charge in [0.05, 0.1) is 20.8 Å². The van der Waals surface area contributed by atoms with Crippen LogP contribution >= 0.6 is 34.8 Å². The summed E-state index contributed by atoms with van der Waals surface area (Å²) in [6.45, 7) is 0. The molecule has 0 aliphatic carbocycles. The minimum absolute atomic E-state index is 0.548. The van der Waals surface area contributed by atoms with Gasteiger partial charge in [0.25, 0.3) is 0 Å². The van der Waals surface area contributed by atoms with Gasteiger partial charge >= 0.3 is 0 Å². The molecule has 2 aromatic carbocycles. The van der Waals surface area contributed by atoms with Gasteiger partial charge in [-0.15, -0.1) is 0 Å². The number of benzene rings is 2. The Morgan fingerprint density at radius 2 is 1.71 bits per heavy atom. The van der Waals surface area contributed by atoms with Crippen LogP contribution in [0.1, 0.15) is 11.4 Å². The van der Waals surface area contributed by atoms with Gasteiger partial charge in [-0.1, -0.05) is 59.1 Å². The highest BCUT2D eigenvalue weighted by atomic mass is 35.5. The van der Waals surface area contributed by atoms with Gasteiger partial charge in [0.1, 0.15) is 5.82 Å². The standard InChI is InChI=1S/C16H11Cl3N2/c17-12-4-2-1-3-11(12)15-9-20-16(21-15)8-10-5-6-13(18)14(19)7-10/h1-7,9H,8H2,(H,20,21). The van der Waals surface area contributed by atoms with E-state index in [1.165, 1.54) is 0 Å². The number of nitrogens with zero attached hydrogens (tertiary/aromatic N) is 1. The molecule has 3 rings (SSSR count). The molecule has 0 fully saturated rings. The Balaban J connectivity index is 1.85. The van der Waals surface area contributed by atoms with Crippen molar-refractivity contribution in [2.75, 3.05) is 0 Å². The maximum absolute atomic E-state index is 6.18. The fraction of sp³-hybridized carbons (Fsp3) is 0.0625. The molecule has 0 aliphatic heterocycles. The first-order valence-corrected chi connectivity index (χ1v) is 7.50. The van der Waals surface area contributed by atoms with E-state index in [1.807, 2.05) is 42.6 Å². The molecule has 0 bridgehead atoms. The molecule has 3 aromatic rings. The molecular weight excluding hydrogens is 327 g/mol. The van der Waals surface area contributed by atoms with E-state index >= 15 is 0 Å². The summed E-state index contributed by atoms with van der Waals surface area (Å²) in [6, 6.07) is 13.2. The zero-order valence-electron chi connectivity index (χ0n) is 10.9. The summed E-state index contributed by atoms with van der Waals surface area (Å²) < 4.78 is 0. The maximum atomic E-state index is 6.18. The first kappa shape index (κ1) is 14.5. The van der Waals surface area contributed by atoms with Crippen LogP contribution in [0.15, 0.2) is 48.7 Å². The van der Waals surface area contributed by atoms with E-state index in [-0.39, 0.29) is 0 Å². The molecule has 0 saturated carbocycles. The Morgan fingerprint density at radius 3 is 2.48 bits per heavy atom. The summed E-state index contributed by atoms with van der Waals surface area (Å²) in [7, 11) is 0. The van der Waals surface area contributed by atoms with Crippen molar-refractivity contribution in [2.24, 2.45) is 0 Å². The molecule has 0 radical (unpaired) electrons. The highest BCUT2D eigenvalue weighted by Gasteiger charge is 2.08. The number of hydrogen-bond donors (Lipinski definition) is 1. The van der Waals surface area contributed by atoms with Crippen LogP contribution in [0, 0.1) is 0 Å². The first-order chi connectivity index (χ1) is 10.1. The lowest BCUT2D eigenvalue weighted by molar-refractivity contribution is 1.03. The predicted octanol–water partition coefficient (Wildman–Crippen LogP) is 5.63. The second-order valence-electron chi connectivity index (χ2n) is 4.64. The first-order valence-electron chi connectivity index (χ1n) is 6.36. The van der Waals surface area contributed by atoms with Crippen LogP contribution in [-0.2, 0) is 6.42 Å². The number of nitrogens with one attached hydrogen (secondary N) is 1. The van der Waals surface area contributed by atoms with Gasteiger partial charge < -0.3 is 4.98 Å². The van der Waals surface area contributed by atoms with Gasteiger partial charge in [-0.2, -0.15) is 0 Å². The molecule has 0 saturated heterocycles. The minimum Gasteiger partial charge on any atom is -0.348 e. The van der Waals surface area contributed by atoms with Crippen molar-refractivity contribution in [2.45, 2.75) is 6.42 Å². The quantitative estimate of drug-likeness (QED) is 0.659. The fourth-order valence-corrected chi connectivity index (χ4v) is 2.66. The summed E-state index contributed by atoms with van der Waals surface area (Å²) in [4.78, 5) is 7.74. The molecule has 1 heterocycles. The Kier molecular flexibility index (Phi) is 4.20. The third-order valence-electron chi connectivity index (χ3n) is 3.14. The van der Waals surface area contributed by atoms with E-state index in [4.69, 9.17) is 34.8 Å². The molecule has 0 aliphatic rings. The number of aromatic nitrogens is 2. The highest BCUT2D eigenvalue weighted by molar-refractivity contribution is 6.42. The van der Waals surface area contributed by atoms with Crippen LogP contribution in [0.4, 0.5) is 0 Å². The van der Waals surface area contributed by atoms with Crippen molar-refractivity contribution in [3.05, 3.63) is 75.1 Å². The Hall–Kier alpha value is -1.48. The van der Waals surface area contributed by atoms with Crippen LogP contribution in [0.5, 0.6) is 0 Å². The van der Waals surface area contributed by atoms with Crippen molar-refractivity contribution in [3.63, 3.8) is 0 Å². The molecule has 0 amide bonds. The van der Waals surface area contributed by atoms with E-state index in [0.717, 1.165) is 22.6 Å². The van der Waals surface area contributed by atoms with E-state index < -0.39 is 0 Å². The number of halogens is 3. The minimum atomic E-state index is 0.548. The van der Waals surface area contributed by atoms with Crippen LogP contribution in [-0.4, -0.2) is 9.97 Å². The third kappa shape index (κ3) is 3.24. The smallest absolute Gasteiger partial charge is 0.111 e. The lowest BCUT2D eigenvalue weighted by atomic mass is 10.1. The lowest BCUT2D eigenvalue weighted by Crippen LogP contribution is -1.91. The Bertz CT molecular complexity index is 781. The van der Waals surface area contributed by atoms with Crippen LogP contribution in [0.3, 0.4) is 0 Å². The monoisotopic (exact) mass is 336 g/mol. The van der Waals surface area contributed by atoms with Gasteiger partial charge in [-0.25, -0.2) is 4.98 Å². The topological polar surface area (TPSA) is 28.7 Å². The number of aromatic amines is 1. The molecule has 106 valence electrons. The zero-order valence-corrected chi connectivity index (χ0v) is 13.2.